The molecule has 0 bridgehead atoms. The number of carbonyl (C=O) groups excluding carboxylic acids is 2. The first-order valence-corrected chi connectivity index (χ1v) is 7.83. The largest absolute Gasteiger partial charge is 0.453 e. The third-order valence-corrected chi connectivity index (χ3v) is 3.96. The van der Waals surface area contributed by atoms with Crippen LogP contribution in [-0.4, -0.2) is 18.0 Å². The lowest BCUT2D eigenvalue weighted by molar-refractivity contribution is -0.153. The average Bonchev–Trinajstić information content (AvgIpc) is 2.94. The predicted octanol–water partition coefficient (Wildman–Crippen LogP) is 4.22. The summed E-state index contributed by atoms with van der Waals surface area (Å²) in [7, 11) is 0. The number of allylic oxidation sites excluding steroid dienone is 2. The van der Waals surface area contributed by atoms with Gasteiger partial charge in [0.1, 0.15) is 0 Å². The summed E-state index contributed by atoms with van der Waals surface area (Å²) in [6.07, 6.45) is 5.43. The number of nitrogens with one attached hydrogen (secondary N) is 1. The molecular weight excluding hydrogens is 325 g/mol. The van der Waals surface area contributed by atoms with Crippen molar-refractivity contribution in [1.29, 1.82) is 0 Å². The minimum absolute atomic E-state index is 0.216. The van der Waals surface area contributed by atoms with Crippen LogP contribution < -0.4 is 5.32 Å². The van der Waals surface area contributed by atoms with Crippen molar-refractivity contribution in [1.82, 2.24) is 0 Å². The summed E-state index contributed by atoms with van der Waals surface area (Å²) in [4.78, 5) is 23.8. The van der Waals surface area contributed by atoms with Crippen LogP contribution in [0, 0.1) is 5.92 Å². The molecule has 0 heterocycles. The Morgan fingerprint density at radius 3 is 2.82 bits per heavy atom. The van der Waals surface area contributed by atoms with Gasteiger partial charge in [-0.15, -0.1) is 0 Å². The predicted molar refractivity (Wildman–Crippen MR) is 87.1 cm³/mol. The van der Waals surface area contributed by atoms with Crippen molar-refractivity contribution in [3.63, 3.8) is 0 Å². The van der Waals surface area contributed by atoms with Gasteiger partial charge in [-0.05, 0) is 43.9 Å². The number of esters is 1. The average molecular weight is 342 g/mol. The molecule has 0 fully saturated rings. The molecule has 0 spiro atoms. The maximum absolute atomic E-state index is 12.0. The van der Waals surface area contributed by atoms with Crippen molar-refractivity contribution >= 4 is 40.8 Å². The Hall–Kier alpha value is -1.52. The number of amides is 1. The molecule has 1 aromatic rings. The minimum atomic E-state index is -0.885. The highest BCUT2D eigenvalue weighted by molar-refractivity contribution is 6.36. The van der Waals surface area contributed by atoms with Crippen molar-refractivity contribution in [2.45, 2.75) is 32.3 Å². The standard InChI is InChI=1S/C16H17Cl2NO3/c1-10(22-15(20)8-11-4-2-3-5-11)16(21)19-14-7-6-12(17)9-13(14)18/h2,4,6-7,9-11H,3,5,8H2,1H3,(H,19,21)/t10-,11-/m0/s1. The Morgan fingerprint density at radius 2 is 2.18 bits per heavy atom. The maximum Gasteiger partial charge on any atom is 0.307 e. The van der Waals surface area contributed by atoms with Crippen LogP contribution in [0.2, 0.25) is 10.0 Å². The highest BCUT2D eigenvalue weighted by Crippen LogP contribution is 2.25. The third kappa shape index (κ3) is 4.75. The number of hydrogen-bond acceptors (Lipinski definition) is 3. The fourth-order valence-electron chi connectivity index (χ4n) is 2.20. The number of rotatable bonds is 5. The van der Waals surface area contributed by atoms with Crippen LogP contribution in [0.5, 0.6) is 0 Å². The SMILES string of the molecule is C[C@H](OC(=O)C[C@H]1C=CCC1)C(=O)Nc1ccc(Cl)cc1Cl. The van der Waals surface area contributed by atoms with Gasteiger partial charge in [-0.3, -0.25) is 9.59 Å². The van der Waals surface area contributed by atoms with Gasteiger partial charge in [0.05, 0.1) is 17.1 Å². The van der Waals surface area contributed by atoms with Gasteiger partial charge in [-0.1, -0.05) is 35.4 Å². The summed E-state index contributed by atoms with van der Waals surface area (Å²) in [6.45, 7) is 1.53. The Kier molecular flexibility index (Phi) is 5.86. The van der Waals surface area contributed by atoms with Gasteiger partial charge in [0.15, 0.2) is 6.10 Å². The number of carbonyl (C=O) groups is 2. The van der Waals surface area contributed by atoms with E-state index in [4.69, 9.17) is 27.9 Å². The first-order valence-electron chi connectivity index (χ1n) is 7.08. The van der Waals surface area contributed by atoms with Crippen LogP contribution >= 0.6 is 23.2 Å². The van der Waals surface area contributed by atoms with E-state index >= 15 is 0 Å². The summed E-state index contributed by atoms with van der Waals surface area (Å²) in [6, 6.07) is 4.74. The van der Waals surface area contributed by atoms with Crippen LogP contribution in [0.3, 0.4) is 0 Å². The van der Waals surface area contributed by atoms with Gasteiger partial charge in [0, 0.05) is 5.02 Å². The molecular formula is C16H17Cl2NO3. The lowest BCUT2D eigenvalue weighted by Crippen LogP contribution is -2.30. The van der Waals surface area contributed by atoms with Crippen molar-refractivity contribution in [2.24, 2.45) is 5.92 Å². The third-order valence-electron chi connectivity index (χ3n) is 3.41. The normalized spacial score (nSPS) is 18.0. The van der Waals surface area contributed by atoms with Crippen molar-refractivity contribution in [3.8, 4) is 0 Å². The first kappa shape index (κ1) is 16.8. The molecule has 118 valence electrons. The van der Waals surface area contributed by atoms with Crippen molar-refractivity contribution in [2.75, 3.05) is 5.32 Å². The van der Waals surface area contributed by atoms with E-state index in [-0.39, 0.29) is 11.9 Å². The van der Waals surface area contributed by atoms with E-state index in [0.717, 1.165) is 12.8 Å². The Bertz CT molecular complexity index is 601. The molecule has 0 saturated heterocycles. The highest BCUT2D eigenvalue weighted by Gasteiger charge is 2.21. The molecule has 1 aromatic carbocycles. The molecule has 0 unspecified atom stereocenters. The summed E-state index contributed by atoms with van der Waals surface area (Å²) >= 11 is 11.8. The number of hydrogen-bond donors (Lipinski definition) is 1. The van der Waals surface area contributed by atoms with Crippen LogP contribution in [-0.2, 0) is 14.3 Å². The van der Waals surface area contributed by atoms with Crippen LogP contribution in [0.25, 0.3) is 0 Å². The van der Waals surface area contributed by atoms with Gasteiger partial charge in [0.2, 0.25) is 0 Å². The number of ether oxygens (including phenoxy) is 1. The fraction of sp³-hybridized carbons (Fsp3) is 0.375. The monoisotopic (exact) mass is 341 g/mol. The minimum Gasteiger partial charge on any atom is -0.453 e. The summed E-state index contributed by atoms with van der Waals surface area (Å²) in [5.41, 5.74) is 0.428. The van der Waals surface area contributed by atoms with Crippen LogP contribution in [0.1, 0.15) is 26.2 Å². The number of halogens is 2. The quantitative estimate of drug-likeness (QED) is 0.644. The lowest BCUT2D eigenvalue weighted by Gasteiger charge is -2.15. The van der Waals surface area contributed by atoms with E-state index in [2.05, 4.69) is 11.4 Å². The van der Waals surface area contributed by atoms with Gasteiger partial charge in [-0.2, -0.15) is 0 Å². The van der Waals surface area contributed by atoms with E-state index in [9.17, 15) is 9.59 Å². The molecule has 6 heteroatoms. The lowest BCUT2D eigenvalue weighted by atomic mass is 10.1. The molecule has 0 aliphatic heterocycles. The van der Waals surface area contributed by atoms with Crippen molar-refractivity contribution in [3.05, 3.63) is 40.4 Å². The summed E-state index contributed by atoms with van der Waals surface area (Å²) < 4.78 is 5.16. The number of anilines is 1. The van der Waals surface area contributed by atoms with E-state index in [1.165, 1.54) is 13.0 Å². The smallest absolute Gasteiger partial charge is 0.307 e. The zero-order chi connectivity index (χ0) is 16.1. The molecule has 2 rings (SSSR count). The molecule has 1 amide bonds. The Balaban J connectivity index is 1.85. The topological polar surface area (TPSA) is 55.4 Å². The molecule has 22 heavy (non-hydrogen) atoms. The van der Waals surface area contributed by atoms with E-state index < -0.39 is 12.0 Å². The summed E-state index contributed by atoms with van der Waals surface area (Å²) in [5.74, 6) is -0.589. The van der Waals surface area contributed by atoms with Gasteiger partial charge < -0.3 is 10.1 Å². The maximum atomic E-state index is 12.0. The van der Waals surface area contributed by atoms with Gasteiger partial charge in [-0.25, -0.2) is 0 Å². The molecule has 1 aliphatic carbocycles. The molecule has 1 N–H and O–H groups in total. The zero-order valence-electron chi connectivity index (χ0n) is 12.1. The highest BCUT2D eigenvalue weighted by atomic mass is 35.5. The van der Waals surface area contributed by atoms with Gasteiger partial charge in [0.25, 0.3) is 5.91 Å². The fourth-order valence-corrected chi connectivity index (χ4v) is 2.66. The first-order chi connectivity index (χ1) is 10.5. The molecule has 0 saturated carbocycles. The number of benzene rings is 1. The van der Waals surface area contributed by atoms with Gasteiger partial charge >= 0.3 is 5.97 Å². The second-order valence-electron chi connectivity index (χ2n) is 5.22. The zero-order valence-corrected chi connectivity index (χ0v) is 13.7. The second-order valence-corrected chi connectivity index (χ2v) is 6.06. The molecule has 1 aliphatic rings. The molecule has 4 nitrogen and oxygen atoms in total. The van der Waals surface area contributed by atoms with E-state index in [1.807, 2.05) is 6.08 Å². The van der Waals surface area contributed by atoms with E-state index in [0.29, 0.717) is 22.2 Å². The second kappa shape index (κ2) is 7.65. The summed E-state index contributed by atoms with van der Waals surface area (Å²) in [5, 5.41) is 3.42. The Morgan fingerprint density at radius 1 is 1.41 bits per heavy atom. The van der Waals surface area contributed by atoms with Crippen molar-refractivity contribution < 1.29 is 14.3 Å². The molecule has 0 aromatic heterocycles. The molecule has 2 atom stereocenters. The molecule has 0 radical (unpaired) electrons. The Labute approximate surface area is 139 Å². The van der Waals surface area contributed by atoms with E-state index in [1.54, 1.807) is 12.1 Å². The van der Waals surface area contributed by atoms with Crippen LogP contribution in [0.4, 0.5) is 5.69 Å². The van der Waals surface area contributed by atoms with Crippen LogP contribution in [0.15, 0.2) is 30.4 Å².